The summed E-state index contributed by atoms with van der Waals surface area (Å²) in [6.07, 6.45) is 7.26. The van der Waals surface area contributed by atoms with Crippen LogP contribution in [-0.4, -0.2) is 24.5 Å². The standard InChI is InChI=1S/C25H25N5OS/c1-17-13-21(18(2)29(17)15-19-7-5-10-26-14-19)24-23(22-9-3-4-11-27-22)28-25(32)30(24)16-20-8-6-12-31-20/h3-14,23-24H,15-16H2,1-2H3,(H,28,32). The van der Waals surface area contributed by atoms with Gasteiger partial charge in [0.05, 0.1) is 30.6 Å². The lowest BCUT2D eigenvalue weighted by molar-refractivity contribution is 0.286. The zero-order chi connectivity index (χ0) is 22.1. The molecule has 0 radical (unpaired) electrons. The zero-order valence-electron chi connectivity index (χ0n) is 18.1. The topological polar surface area (TPSA) is 59.1 Å². The molecule has 2 atom stereocenters. The molecule has 5 heterocycles. The number of aromatic nitrogens is 3. The number of nitrogens with one attached hydrogen (secondary N) is 1. The largest absolute Gasteiger partial charge is 0.467 e. The first-order valence-electron chi connectivity index (χ1n) is 10.7. The van der Waals surface area contributed by atoms with E-state index in [0.717, 1.165) is 18.0 Å². The Morgan fingerprint density at radius 3 is 2.69 bits per heavy atom. The summed E-state index contributed by atoms with van der Waals surface area (Å²) in [5.74, 6) is 0.880. The fourth-order valence-electron chi connectivity index (χ4n) is 4.53. The van der Waals surface area contributed by atoms with Crippen LogP contribution in [0.2, 0.25) is 0 Å². The number of aryl methyl sites for hydroxylation is 1. The van der Waals surface area contributed by atoms with Crippen LogP contribution in [-0.2, 0) is 13.1 Å². The van der Waals surface area contributed by atoms with Gasteiger partial charge in [-0.1, -0.05) is 12.1 Å². The van der Waals surface area contributed by atoms with Crippen molar-refractivity contribution >= 4 is 17.3 Å². The summed E-state index contributed by atoms with van der Waals surface area (Å²) in [6.45, 7) is 5.71. The highest BCUT2D eigenvalue weighted by atomic mass is 32.1. The number of pyridine rings is 2. The Balaban J connectivity index is 1.56. The van der Waals surface area contributed by atoms with E-state index in [9.17, 15) is 0 Å². The van der Waals surface area contributed by atoms with Crippen molar-refractivity contribution < 1.29 is 4.42 Å². The van der Waals surface area contributed by atoms with Gasteiger partial charge >= 0.3 is 0 Å². The van der Waals surface area contributed by atoms with E-state index in [4.69, 9.17) is 16.6 Å². The van der Waals surface area contributed by atoms with Crippen molar-refractivity contribution in [3.05, 3.63) is 107 Å². The molecule has 32 heavy (non-hydrogen) atoms. The second-order valence-electron chi connectivity index (χ2n) is 8.11. The van der Waals surface area contributed by atoms with E-state index in [1.165, 1.54) is 22.5 Å². The maximum absolute atomic E-state index is 5.79. The van der Waals surface area contributed by atoms with Crippen LogP contribution in [0.4, 0.5) is 0 Å². The van der Waals surface area contributed by atoms with Crippen LogP contribution in [0.25, 0.3) is 0 Å². The van der Waals surface area contributed by atoms with Crippen LogP contribution in [0.1, 0.15) is 46.1 Å². The van der Waals surface area contributed by atoms with Gasteiger partial charge < -0.3 is 19.2 Å². The summed E-state index contributed by atoms with van der Waals surface area (Å²) in [5.41, 5.74) is 5.81. The van der Waals surface area contributed by atoms with Crippen LogP contribution in [0, 0.1) is 13.8 Å². The molecule has 0 amide bonds. The van der Waals surface area contributed by atoms with Crippen LogP contribution in [0.3, 0.4) is 0 Å². The average molecular weight is 444 g/mol. The van der Waals surface area contributed by atoms with Gasteiger partial charge in [-0.05, 0) is 73.6 Å². The fraction of sp³-hybridized carbons (Fsp3) is 0.240. The van der Waals surface area contributed by atoms with E-state index in [0.29, 0.717) is 11.7 Å². The van der Waals surface area contributed by atoms with Crippen molar-refractivity contribution in [1.29, 1.82) is 0 Å². The number of furan rings is 1. The van der Waals surface area contributed by atoms with Crippen molar-refractivity contribution in [3.63, 3.8) is 0 Å². The molecule has 1 aliphatic heterocycles. The van der Waals surface area contributed by atoms with Gasteiger partial charge in [-0.15, -0.1) is 0 Å². The molecule has 1 aliphatic rings. The Labute approximate surface area is 192 Å². The molecule has 5 rings (SSSR count). The van der Waals surface area contributed by atoms with Gasteiger partial charge in [0.2, 0.25) is 0 Å². The third-order valence-electron chi connectivity index (χ3n) is 6.10. The maximum Gasteiger partial charge on any atom is 0.170 e. The number of rotatable bonds is 6. The molecule has 2 unspecified atom stereocenters. The Morgan fingerprint density at radius 2 is 1.97 bits per heavy atom. The average Bonchev–Trinajstić information content (AvgIpc) is 3.51. The van der Waals surface area contributed by atoms with E-state index in [2.05, 4.69) is 56.8 Å². The van der Waals surface area contributed by atoms with E-state index in [1.54, 1.807) is 12.5 Å². The fourth-order valence-corrected chi connectivity index (χ4v) is 4.83. The molecule has 0 spiro atoms. The summed E-state index contributed by atoms with van der Waals surface area (Å²) in [5, 5.41) is 4.23. The third kappa shape index (κ3) is 3.80. The van der Waals surface area contributed by atoms with E-state index in [1.807, 2.05) is 42.7 Å². The number of hydrogen-bond acceptors (Lipinski definition) is 4. The molecule has 162 valence electrons. The normalized spacial score (nSPS) is 18.2. The van der Waals surface area contributed by atoms with Crippen molar-refractivity contribution in [2.75, 3.05) is 0 Å². The minimum atomic E-state index is -0.0500. The molecule has 0 saturated carbocycles. The zero-order valence-corrected chi connectivity index (χ0v) is 18.9. The molecule has 0 aliphatic carbocycles. The second kappa shape index (κ2) is 8.59. The molecule has 1 N–H and O–H groups in total. The molecule has 6 nitrogen and oxygen atoms in total. The lowest BCUT2D eigenvalue weighted by Gasteiger charge is -2.27. The van der Waals surface area contributed by atoms with Crippen LogP contribution in [0.5, 0.6) is 0 Å². The Kier molecular flexibility index (Phi) is 5.49. The Morgan fingerprint density at radius 1 is 1.06 bits per heavy atom. The molecule has 1 fully saturated rings. The molecular formula is C25H25N5OS. The minimum absolute atomic E-state index is 0.00338. The highest BCUT2D eigenvalue weighted by molar-refractivity contribution is 7.80. The van der Waals surface area contributed by atoms with Gasteiger partial charge in [0.25, 0.3) is 0 Å². The van der Waals surface area contributed by atoms with Crippen LogP contribution < -0.4 is 5.32 Å². The first kappa shape index (κ1) is 20.5. The highest BCUT2D eigenvalue weighted by Crippen LogP contribution is 2.41. The molecular weight excluding hydrogens is 418 g/mol. The number of hydrogen-bond donors (Lipinski definition) is 1. The second-order valence-corrected chi connectivity index (χ2v) is 8.49. The van der Waals surface area contributed by atoms with Gasteiger partial charge in [0, 0.05) is 36.5 Å². The SMILES string of the molecule is Cc1cc(C2C(c3ccccn3)NC(=S)N2Cc2ccco2)c(C)n1Cc1cccnc1. The van der Waals surface area contributed by atoms with Gasteiger partial charge in [-0.2, -0.15) is 0 Å². The van der Waals surface area contributed by atoms with Gasteiger partial charge in [0.1, 0.15) is 5.76 Å². The first-order valence-corrected chi connectivity index (χ1v) is 11.1. The molecule has 4 aromatic rings. The van der Waals surface area contributed by atoms with E-state index >= 15 is 0 Å². The molecule has 4 aromatic heterocycles. The summed E-state index contributed by atoms with van der Waals surface area (Å²) in [6, 6.07) is 16.2. The molecule has 0 bridgehead atoms. The lowest BCUT2D eigenvalue weighted by Crippen LogP contribution is -2.29. The first-order chi connectivity index (χ1) is 15.6. The number of thiocarbonyl (C=S) groups is 1. The number of nitrogens with zero attached hydrogens (tertiary/aromatic N) is 4. The van der Waals surface area contributed by atoms with Crippen molar-refractivity contribution in [2.24, 2.45) is 0 Å². The third-order valence-corrected chi connectivity index (χ3v) is 6.45. The molecule has 1 saturated heterocycles. The summed E-state index contributed by atoms with van der Waals surface area (Å²) in [4.78, 5) is 11.1. The highest BCUT2D eigenvalue weighted by Gasteiger charge is 2.41. The maximum atomic E-state index is 5.79. The van der Waals surface area contributed by atoms with Gasteiger partial charge in [-0.25, -0.2) is 0 Å². The molecule has 0 aromatic carbocycles. The quantitative estimate of drug-likeness (QED) is 0.436. The Bertz CT molecular complexity index is 1200. The Hall–Kier alpha value is -3.45. The van der Waals surface area contributed by atoms with Gasteiger partial charge in [-0.3, -0.25) is 9.97 Å². The van der Waals surface area contributed by atoms with E-state index < -0.39 is 0 Å². The summed E-state index contributed by atoms with van der Waals surface area (Å²) >= 11 is 5.79. The smallest absolute Gasteiger partial charge is 0.170 e. The lowest BCUT2D eigenvalue weighted by atomic mass is 9.96. The van der Waals surface area contributed by atoms with Crippen molar-refractivity contribution in [3.8, 4) is 0 Å². The van der Waals surface area contributed by atoms with Gasteiger partial charge in [0.15, 0.2) is 5.11 Å². The van der Waals surface area contributed by atoms with Crippen LogP contribution >= 0.6 is 12.2 Å². The minimum Gasteiger partial charge on any atom is -0.467 e. The van der Waals surface area contributed by atoms with E-state index in [-0.39, 0.29) is 12.1 Å². The summed E-state index contributed by atoms with van der Waals surface area (Å²) < 4.78 is 7.99. The van der Waals surface area contributed by atoms with Crippen molar-refractivity contribution in [1.82, 2.24) is 24.8 Å². The van der Waals surface area contributed by atoms with Crippen LogP contribution in [0.15, 0.2) is 77.8 Å². The predicted molar refractivity (Wildman–Crippen MR) is 127 cm³/mol. The predicted octanol–water partition coefficient (Wildman–Crippen LogP) is 4.71. The molecule has 7 heteroatoms. The summed E-state index contributed by atoms with van der Waals surface area (Å²) in [7, 11) is 0. The van der Waals surface area contributed by atoms with Crippen molar-refractivity contribution in [2.45, 2.75) is 39.0 Å². The monoisotopic (exact) mass is 443 g/mol.